The summed E-state index contributed by atoms with van der Waals surface area (Å²) >= 11 is 0. The molecule has 1 atom stereocenters. The molecule has 20 heavy (non-hydrogen) atoms. The van der Waals surface area contributed by atoms with Gasteiger partial charge >= 0.3 is 6.03 Å². The molecule has 0 saturated heterocycles. The van der Waals surface area contributed by atoms with Crippen LogP contribution in [-0.4, -0.2) is 23.8 Å². The molecular formula is C15H23FN2O2. The van der Waals surface area contributed by atoms with Crippen LogP contribution in [0.4, 0.5) is 14.9 Å². The smallest absolute Gasteiger partial charge is 0.319 e. The van der Waals surface area contributed by atoms with Crippen molar-refractivity contribution in [3.8, 4) is 0 Å². The largest absolute Gasteiger partial charge is 0.392 e. The van der Waals surface area contributed by atoms with Gasteiger partial charge in [0.1, 0.15) is 5.82 Å². The highest BCUT2D eigenvalue weighted by Gasteiger charge is 2.30. The lowest BCUT2D eigenvalue weighted by Gasteiger charge is -2.33. The monoisotopic (exact) mass is 282 g/mol. The summed E-state index contributed by atoms with van der Waals surface area (Å²) in [5.41, 5.74) is -0.326. The Balaban J connectivity index is 2.54. The van der Waals surface area contributed by atoms with Crippen molar-refractivity contribution in [2.24, 2.45) is 11.3 Å². The van der Waals surface area contributed by atoms with Crippen LogP contribution in [0.15, 0.2) is 24.3 Å². The van der Waals surface area contributed by atoms with Crippen molar-refractivity contribution < 1.29 is 14.3 Å². The number of halogens is 1. The summed E-state index contributed by atoms with van der Waals surface area (Å²) in [5, 5.41) is 15.2. The maximum Gasteiger partial charge on any atom is 0.319 e. The van der Waals surface area contributed by atoms with E-state index < -0.39 is 23.4 Å². The summed E-state index contributed by atoms with van der Waals surface area (Å²) in [7, 11) is 0. The number of hydrogen-bond acceptors (Lipinski definition) is 2. The fourth-order valence-electron chi connectivity index (χ4n) is 2.04. The molecule has 2 amide bonds. The zero-order valence-electron chi connectivity index (χ0n) is 12.4. The molecule has 3 N–H and O–H groups in total. The van der Waals surface area contributed by atoms with Crippen molar-refractivity contribution >= 4 is 11.7 Å². The first-order valence-corrected chi connectivity index (χ1v) is 6.71. The molecule has 1 rings (SSSR count). The van der Waals surface area contributed by atoms with E-state index in [2.05, 4.69) is 10.6 Å². The average Bonchev–Trinajstić information content (AvgIpc) is 2.38. The lowest BCUT2D eigenvalue weighted by Crippen LogP contribution is -2.44. The number of aliphatic hydroxyl groups is 1. The van der Waals surface area contributed by atoms with E-state index in [9.17, 15) is 14.3 Å². The Morgan fingerprint density at radius 3 is 2.50 bits per heavy atom. The molecule has 0 bridgehead atoms. The number of hydrogen-bond donors (Lipinski definition) is 3. The van der Waals surface area contributed by atoms with Crippen LogP contribution in [0, 0.1) is 17.2 Å². The van der Waals surface area contributed by atoms with Crippen LogP contribution in [0.1, 0.15) is 27.7 Å². The Bertz CT molecular complexity index is 461. The molecule has 5 heteroatoms. The molecule has 0 fully saturated rings. The van der Waals surface area contributed by atoms with Crippen LogP contribution < -0.4 is 10.6 Å². The zero-order valence-corrected chi connectivity index (χ0v) is 12.4. The molecule has 112 valence electrons. The van der Waals surface area contributed by atoms with Crippen molar-refractivity contribution in [2.75, 3.05) is 11.9 Å². The summed E-state index contributed by atoms with van der Waals surface area (Å²) in [6, 6.07) is 5.48. The minimum Gasteiger partial charge on any atom is -0.392 e. The van der Waals surface area contributed by atoms with Crippen molar-refractivity contribution in [3.63, 3.8) is 0 Å². The van der Waals surface area contributed by atoms with Crippen LogP contribution in [0.5, 0.6) is 0 Å². The van der Waals surface area contributed by atoms with Gasteiger partial charge < -0.3 is 15.7 Å². The predicted octanol–water partition coefficient (Wildman–Crippen LogP) is 2.99. The van der Waals surface area contributed by atoms with Crippen molar-refractivity contribution in [3.05, 3.63) is 30.1 Å². The molecule has 0 aliphatic carbocycles. The highest BCUT2D eigenvalue weighted by Crippen LogP contribution is 2.25. The number of nitrogens with one attached hydrogen (secondary N) is 2. The van der Waals surface area contributed by atoms with Crippen LogP contribution in [-0.2, 0) is 0 Å². The number of benzene rings is 1. The van der Waals surface area contributed by atoms with E-state index in [1.165, 1.54) is 12.1 Å². The fourth-order valence-corrected chi connectivity index (χ4v) is 2.04. The van der Waals surface area contributed by atoms with Gasteiger partial charge in [0.25, 0.3) is 0 Å². The van der Waals surface area contributed by atoms with E-state index in [0.29, 0.717) is 6.54 Å². The highest BCUT2D eigenvalue weighted by molar-refractivity contribution is 5.89. The number of carbonyl (C=O) groups is 1. The molecule has 0 heterocycles. The third-order valence-corrected chi connectivity index (χ3v) is 3.26. The maximum absolute atomic E-state index is 13.4. The fraction of sp³-hybridized carbons (Fsp3) is 0.533. The van der Waals surface area contributed by atoms with E-state index in [1.807, 2.05) is 27.7 Å². The molecule has 0 spiro atoms. The van der Waals surface area contributed by atoms with Crippen molar-refractivity contribution in [1.82, 2.24) is 5.32 Å². The Hall–Kier alpha value is -1.62. The van der Waals surface area contributed by atoms with Crippen molar-refractivity contribution in [1.29, 1.82) is 0 Å². The van der Waals surface area contributed by atoms with Crippen LogP contribution in [0.3, 0.4) is 0 Å². The van der Waals surface area contributed by atoms with Crippen molar-refractivity contribution in [2.45, 2.75) is 33.8 Å². The van der Waals surface area contributed by atoms with E-state index >= 15 is 0 Å². The number of aliphatic hydroxyl groups excluding tert-OH is 1. The number of para-hydroxylation sites is 1. The van der Waals surface area contributed by atoms with Gasteiger partial charge in [-0.1, -0.05) is 39.8 Å². The molecule has 0 saturated carbocycles. The molecule has 0 aromatic heterocycles. The molecule has 1 aromatic carbocycles. The van der Waals surface area contributed by atoms with Crippen LogP contribution >= 0.6 is 0 Å². The van der Waals surface area contributed by atoms with Crippen LogP contribution in [0.2, 0.25) is 0 Å². The number of anilines is 1. The molecule has 4 nitrogen and oxygen atoms in total. The molecule has 0 aliphatic rings. The highest BCUT2D eigenvalue weighted by atomic mass is 19.1. The van der Waals surface area contributed by atoms with E-state index in [4.69, 9.17) is 0 Å². The second-order valence-corrected chi connectivity index (χ2v) is 5.96. The molecule has 0 radical (unpaired) electrons. The minimum absolute atomic E-state index is 0.0985. The standard InChI is InChI=1S/C15H23FN2O2/c1-10(2)13(19)15(3,4)9-17-14(20)18-12-8-6-5-7-11(12)16/h5-8,10,13,19H,9H2,1-4H3,(H2,17,18,20). The van der Waals surface area contributed by atoms with E-state index in [-0.39, 0.29) is 11.6 Å². The van der Waals surface area contributed by atoms with Gasteiger partial charge in [-0.15, -0.1) is 0 Å². The summed E-state index contributed by atoms with van der Waals surface area (Å²) in [4.78, 5) is 11.7. The lowest BCUT2D eigenvalue weighted by molar-refractivity contribution is 0.0154. The van der Waals surface area contributed by atoms with Gasteiger partial charge in [-0.2, -0.15) is 0 Å². The third-order valence-electron chi connectivity index (χ3n) is 3.26. The first-order valence-electron chi connectivity index (χ1n) is 6.71. The van der Waals surface area contributed by atoms with Gasteiger partial charge in [0.05, 0.1) is 11.8 Å². The van der Waals surface area contributed by atoms with E-state index in [0.717, 1.165) is 0 Å². The second kappa shape index (κ2) is 6.70. The van der Waals surface area contributed by atoms with Gasteiger partial charge in [0.2, 0.25) is 0 Å². The topological polar surface area (TPSA) is 61.4 Å². The molecule has 0 aliphatic heterocycles. The maximum atomic E-state index is 13.4. The number of rotatable bonds is 5. The Kier molecular flexibility index (Phi) is 5.51. The number of urea groups is 1. The van der Waals surface area contributed by atoms with E-state index in [1.54, 1.807) is 12.1 Å². The zero-order chi connectivity index (χ0) is 15.3. The number of carbonyl (C=O) groups excluding carboxylic acids is 1. The molecular weight excluding hydrogens is 259 g/mol. The third kappa shape index (κ3) is 4.49. The van der Waals surface area contributed by atoms with Crippen LogP contribution in [0.25, 0.3) is 0 Å². The predicted molar refractivity (Wildman–Crippen MR) is 78.0 cm³/mol. The summed E-state index contributed by atoms with van der Waals surface area (Å²) in [6.07, 6.45) is -0.531. The van der Waals surface area contributed by atoms with Gasteiger partial charge in [-0.3, -0.25) is 0 Å². The second-order valence-electron chi connectivity index (χ2n) is 5.96. The Labute approximate surface area is 119 Å². The van der Waals surface area contributed by atoms with Gasteiger partial charge in [-0.25, -0.2) is 9.18 Å². The summed E-state index contributed by atoms with van der Waals surface area (Å²) in [5.74, 6) is -0.384. The molecule has 1 unspecified atom stereocenters. The van der Waals surface area contributed by atoms with Gasteiger partial charge in [-0.05, 0) is 18.1 Å². The Morgan fingerprint density at radius 1 is 1.35 bits per heavy atom. The molecule has 1 aromatic rings. The SMILES string of the molecule is CC(C)C(O)C(C)(C)CNC(=O)Nc1ccccc1F. The first kappa shape index (κ1) is 16.4. The van der Waals surface area contributed by atoms with Gasteiger partial charge in [0.15, 0.2) is 0 Å². The lowest BCUT2D eigenvalue weighted by atomic mass is 9.81. The quantitative estimate of drug-likeness (QED) is 0.777. The minimum atomic E-state index is -0.531. The first-order chi connectivity index (χ1) is 9.24. The number of amides is 2. The summed E-state index contributed by atoms with van der Waals surface area (Å²) in [6.45, 7) is 7.90. The Morgan fingerprint density at radius 2 is 1.95 bits per heavy atom. The summed E-state index contributed by atoms with van der Waals surface area (Å²) < 4.78 is 13.4. The van der Waals surface area contributed by atoms with Gasteiger partial charge in [0, 0.05) is 12.0 Å². The normalized spacial score (nSPS) is 13.2. The average molecular weight is 282 g/mol.